The van der Waals surface area contributed by atoms with Crippen LogP contribution in [0.2, 0.25) is 0 Å². The van der Waals surface area contributed by atoms with Crippen LogP contribution in [0.1, 0.15) is 35.0 Å². The molecule has 0 spiro atoms. The predicted molar refractivity (Wildman–Crippen MR) is 65.7 cm³/mol. The van der Waals surface area contributed by atoms with E-state index < -0.39 is 23.5 Å². The molecule has 1 aromatic heterocycles. The van der Waals surface area contributed by atoms with Gasteiger partial charge < -0.3 is 15.4 Å². The fraction of sp³-hybridized carbons (Fsp3) is 0.417. The van der Waals surface area contributed by atoms with Gasteiger partial charge in [-0.1, -0.05) is 6.92 Å². The van der Waals surface area contributed by atoms with Crippen LogP contribution in [0, 0.1) is 13.8 Å². The summed E-state index contributed by atoms with van der Waals surface area (Å²) in [5, 5.41) is 11.2. The molecular formula is C12H16N2O4. The number of rotatable bonds is 4. The lowest BCUT2D eigenvalue weighted by Gasteiger charge is -2.13. The lowest BCUT2D eigenvalue weighted by atomic mass is 10.1. The summed E-state index contributed by atoms with van der Waals surface area (Å²) >= 11 is 0. The first-order valence-electron chi connectivity index (χ1n) is 5.61. The molecule has 1 heterocycles. The van der Waals surface area contributed by atoms with Crippen molar-refractivity contribution in [3.05, 3.63) is 33.2 Å². The minimum atomic E-state index is -1.12. The van der Waals surface area contributed by atoms with Gasteiger partial charge in [-0.25, -0.2) is 4.79 Å². The van der Waals surface area contributed by atoms with Gasteiger partial charge in [-0.2, -0.15) is 0 Å². The Labute approximate surface area is 104 Å². The van der Waals surface area contributed by atoms with Gasteiger partial charge in [0.2, 0.25) is 0 Å². The molecular weight excluding hydrogens is 236 g/mol. The Morgan fingerprint density at radius 2 is 2.06 bits per heavy atom. The Balaban J connectivity index is 3.05. The number of amides is 1. The van der Waals surface area contributed by atoms with Gasteiger partial charge in [0.05, 0.1) is 0 Å². The smallest absolute Gasteiger partial charge is 0.326 e. The molecule has 6 heteroatoms. The Kier molecular flexibility index (Phi) is 4.25. The Bertz CT molecular complexity index is 533. The number of aryl methyl sites for hydroxylation is 2. The van der Waals surface area contributed by atoms with Gasteiger partial charge in [-0.15, -0.1) is 0 Å². The molecule has 1 aromatic rings. The zero-order valence-electron chi connectivity index (χ0n) is 10.5. The van der Waals surface area contributed by atoms with Crippen LogP contribution in [-0.4, -0.2) is 28.0 Å². The number of pyridine rings is 1. The second-order valence-electron chi connectivity index (χ2n) is 4.11. The largest absolute Gasteiger partial charge is 0.480 e. The van der Waals surface area contributed by atoms with E-state index in [1.165, 1.54) is 0 Å². The summed E-state index contributed by atoms with van der Waals surface area (Å²) in [4.78, 5) is 36.9. The molecule has 98 valence electrons. The summed E-state index contributed by atoms with van der Waals surface area (Å²) in [6, 6.07) is 0.676. The zero-order chi connectivity index (χ0) is 13.9. The SMILES string of the molecule is CC[C@@H](NC(=O)c1c(C)cc(C)[nH]c1=O)C(=O)O. The van der Waals surface area contributed by atoms with E-state index in [0.717, 1.165) is 0 Å². The van der Waals surface area contributed by atoms with Gasteiger partial charge in [-0.05, 0) is 31.9 Å². The number of nitrogens with one attached hydrogen (secondary N) is 2. The Morgan fingerprint density at radius 1 is 1.44 bits per heavy atom. The van der Waals surface area contributed by atoms with E-state index >= 15 is 0 Å². The van der Waals surface area contributed by atoms with Crippen molar-refractivity contribution >= 4 is 11.9 Å². The maximum absolute atomic E-state index is 11.9. The molecule has 18 heavy (non-hydrogen) atoms. The lowest BCUT2D eigenvalue weighted by molar-refractivity contribution is -0.139. The number of aliphatic carboxylic acids is 1. The van der Waals surface area contributed by atoms with Crippen molar-refractivity contribution in [3.8, 4) is 0 Å². The Morgan fingerprint density at radius 3 is 2.50 bits per heavy atom. The number of H-pyrrole nitrogens is 1. The second-order valence-corrected chi connectivity index (χ2v) is 4.11. The van der Waals surface area contributed by atoms with Crippen molar-refractivity contribution in [1.82, 2.24) is 10.3 Å². The topological polar surface area (TPSA) is 99.3 Å². The average Bonchev–Trinajstić information content (AvgIpc) is 2.23. The summed E-state index contributed by atoms with van der Waals surface area (Å²) in [7, 11) is 0. The molecule has 0 unspecified atom stereocenters. The van der Waals surface area contributed by atoms with E-state index in [2.05, 4.69) is 10.3 Å². The molecule has 1 atom stereocenters. The molecule has 0 radical (unpaired) electrons. The third-order valence-corrected chi connectivity index (χ3v) is 2.60. The highest BCUT2D eigenvalue weighted by Gasteiger charge is 2.21. The minimum Gasteiger partial charge on any atom is -0.480 e. The number of carboxylic acid groups (broad SMARTS) is 1. The van der Waals surface area contributed by atoms with E-state index in [4.69, 9.17) is 5.11 Å². The van der Waals surface area contributed by atoms with E-state index in [9.17, 15) is 14.4 Å². The molecule has 0 aliphatic rings. The number of aromatic amines is 1. The minimum absolute atomic E-state index is 0.0414. The number of carbonyl (C=O) groups excluding carboxylic acids is 1. The van der Waals surface area contributed by atoms with E-state index in [0.29, 0.717) is 11.3 Å². The van der Waals surface area contributed by atoms with E-state index in [1.807, 2.05) is 0 Å². The van der Waals surface area contributed by atoms with Crippen LogP contribution >= 0.6 is 0 Å². The number of aromatic nitrogens is 1. The van der Waals surface area contributed by atoms with Crippen molar-refractivity contribution < 1.29 is 14.7 Å². The zero-order valence-corrected chi connectivity index (χ0v) is 10.5. The van der Waals surface area contributed by atoms with Crippen LogP contribution in [0.4, 0.5) is 0 Å². The lowest BCUT2D eigenvalue weighted by Crippen LogP contribution is -2.42. The quantitative estimate of drug-likeness (QED) is 0.730. The molecule has 0 saturated heterocycles. The van der Waals surface area contributed by atoms with Gasteiger partial charge in [-0.3, -0.25) is 9.59 Å². The normalized spacial score (nSPS) is 11.9. The van der Waals surface area contributed by atoms with Crippen LogP contribution in [0.3, 0.4) is 0 Å². The van der Waals surface area contributed by atoms with Crippen LogP contribution in [-0.2, 0) is 4.79 Å². The number of carboxylic acids is 1. The fourth-order valence-electron chi connectivity index (χ4n) is 1.70. The van der Waals surface area contributed by atoms with Gasteiger partial charge in [0.25, 0.3) is 11.5 Å². The van der Waals surface area contributed by atoms with Crippen LogP contribution in [0.25, 0.3) is 0 Å². The summed E-state index contributed by atoms with van der Waals surface area (Å²) in [6.07, 6.45) is 0.254. The molecule has 0 aliphatic carbocycles. The van der Waals surface area contributed by atoms with Crippen molar-refractivity contribution in [2.45, 2.75) is 33.2 Å². The van der Waals surface area contributed by atoms with Crippen molar-refractivity contribution in [2.75, 3.05) is 0 Å². The average molecular weight is 252 g/mol. The number of hydrogen-bond donors (Lipinski definition) is 3. The molecule has 6 nitrogen and oxygen atoms in total. The van der Waals surface area contributed by atoms with Crippen LogP contribution < -0.4 is 10.9 Å². The van der Waals surface area contributed by atoms with Gasteiger partial charge >= 0.3 is 5.97 Å². The van der Waals surface area contributed by atoms with Crippen molar-refractivity contribution in [3.63, 3.8) is 0 Å². The maximum atomic E-state index is 11.9. The Hall–Kier alpha value is -2.11. The highest BCUT2D eigenvalue weighted by atomic mass is 16.4. The predicted octanol–water partition coefficient (Wildman–Crippen LogP) is 0.585. The van der Waals surface area contributed by atoms with E-state index in [-0.39, 0.29) is 12.0 Å². The first-order valence-corrected chi connectivity index (χ1v) is 5.61. The van der Waals surface area contributed by atoms with Crippen molar-refractivity contribution in [1.29, 1.82) is 0 Å². The molecule has 1 rings (SSSR count). The fourth-order valence-corrected chi connectivity index (χ4v) is 1.70. The molecule has 0 fully saturated rings. The number of hydrogen-bond acceptors (Lipinski definition) is 3. The molecule has 0 aliphatic heterocycles. The third kappa shape index (κ3) is 2.97. The summed E-state index contributed by atoms with van der Waals surface area (Å²) in [5.74, 6) is -1.78. The molecule has 0 bridgehead atoms. The molecule has 1 amide bonds. The monoisotopic (exact) mass is 252 g/mol. The summed E-state index contributed by atoms with van der Waals surface area (Å²) < 4.78 is 0. The first-order chi connectivity index (χ1) is 8.36. The van der Waals surface area contributed by atoms with Crippen LogP contribution in [0.5, 0.6) is 0 Å². The molecule has 0 saturated carbocycles. The van der Waals surface area contributed by atoms with E-state index in [1.54, 1.807) is 26.8 Å². The van der Waals surface area contributed by atoms with Gasteiger partial charge in [0, 0.05) is 5.69 Å². The molecule has 3 N–H and O–H groups in total. The number of carbonyl (C=O) groups is 2. The second kappa shape index (κ2) is 5.48. The standard InChI is InChI=1S/C12H16N2O4/c1-4-8(12(17)18)14-11(16)9-6(2)5-7(3)13-10(9)15/h5,8H,4H2,1-3H3,(H,13,15)(H,14,16)(H,17,18)/t8-/m1/s1. The third-order valence-electron chi connectivity index (χ3n) is 2.60. The summed E-state index contributed by atoms with van der Waals surface area (Å²) in [5.41, 5.74) is 0.624. The highest BCUT2D eigenvalue weighted by molar-refractivity contribution is 5.97. The summed E-state index contributed by atoms with van der Waals surface area (Å²) in [6.45, 7) is 4.99. The van der Waals surface area contributed by atoms with Gasteiger partial charge in [0.1, 0.15) is 11.6 Å². The van der Waals surface area contributed by atoms with Crippen LogP contribution in [0.15, 0.2) is 10.9 Å². The van der Waals surface area contributed by atoms with Gasteiger partial charge in [0.15, 0.2) is 0 Å². The highest BCUT2D eigenvalue weighted by Crippen LogP contribution is 2.04. The molecule has 0 aromatic carbocycles. The first kappa shape index (κ1) is 14.0. The van der Waals surface area contributed by atoms with Crippen molar-refractivity contribution in [2.24, 2.45) is 0 Å². The maximum Gasteiger partial charge on any atom is 0.326 e.